The lowest BCUT2D eigenvalue weighted by Crippen LogP contribution is -2.44. The number of anilines is 1. The first-order valence-corrected chi connectivity index (χ1v) is 5.05. The monoisotopic (exact) mass is 204 g/mol. The highest BCUT2D eigenvalue weighted by atomic mass is 15.4. The van der Waals surface area contributed by atoms with Crippen molar-refractivity contribution in [2.24, 2.45) is 0 Å². The van der Waals surface area contributed by atoms with Gasteiger partial charge in [-0.3, -0.25) is 9.38 Å². The second-order valence-electron chi connectivity index (χ2n) is 3.54. The Balaban J connectivity index is 2.02. The molecule has 0 amide bonds. The van der Waals surface area contributed by atoms with Crippen LogP contribution in [0.25, 0.3) is 5.65 Å². The molecular formula is C9H12N6. The molecule has 3 heterocycles. The largest absolute Gasteiger partial charge is 0.338 e. The Bertz CT molecular complexity index is 458. The summed E-state index contributed by atoms with van der Waals surface area (Å²) in [5.41, 5.74) is 0.797. The molecule has 15 heavy (non-hydrogen) atoms. The third-order valence-electron chi connectivity index (χ3n) is 2.60. The quantitative estimate of drug-likeness (QED) is 0.680. The lowest BCUT2D eigenvalue weighted by molar-refractivity contribution is 0.578. The van der Waals surface area contributed by atoms with Crippen molar-refractivity contribution in [3.63, 3.8) is 0 Å². The molecule has 0 saturated carbocycles. The SMILES string of the molecule is c1cn2c(N3CCNCC3)nnc2cn1. The zero-order valence-corrected chi connectivity index (χ0v) is 8.30. The molecule has 3 rings (SSSR count). The maximum Gasteiger partial charge on any atom is 0.231 e. The van der Waals surface area contributed by atoms with E-state index in [1.54, 1.807) is 12.4 Å². The fourth-order valence-corrected chi connectivity index (χ4v) is 1.82. The third kappa shape index (κ3) is 1.42. The molecule has 6 nitrogen and oxygen atoms in total. The fraction of sp³-hybridized carbons (Fsp3) is 0.444. The molecule has 1 saturated heterocycles. The zero-order chi connectivity index (χ0) is 10.1. The molecule has 0 spiro atoms. The Morgan fingerprint density at radius 1 is 1.20 bits per heavy atom. The Hall–Kier alpha value is -1.69. The lowest BCUT2D eigenvalue weighted by Gasteiger charge is -2.26. The second-order valence-corrected chi connectivity index (χ2v) is 3.54. The second kappa shape index (κ2) is 3.47. The van der Waals surface area contributed by atoms with Crippen LogP contribution in [0.4, 0.5) is 5.95 Å². The fourth-order valence-electron chi connectivity index (χ4n) is 1.82. The van der Waals surface area contributed by atoms with Crippen LogP contribution in [-0.2, 0) is 0 Å². The van der Waals surface area contributed by atoms with Crippen molar-refractivity contribution in [1.29, 1.82) is 0 Å². The van der Waals surface area contributed by atoms with Gasteiger partial charge < -0.3 is 10.2 Å². The van der Waals surface area contributed by atoms with Gasteiger partial charge in [0, 0.05) is 38.6 Å². The summed E-state index contributed by atoms with van der Waals surface area (Å²) in [6.45, 7) is 3.95. The summed E-state index contributed by atoms with van der Waals surface area (Å²) in [7, 11) is 0. The zero-order valence-electron chi connectivity index (χ0n) is 8.30. The molecule has 1 N–H and O–H groups in total. The van der Waals surface area contributed by atoms with E-state index in [1.165, 1.54) is 0 Å². The van der Waals surface area contributed by atoms with Gasteiger partial charge in [0.05, 0.1) is 6.20 Å². The van der Waals surface area contributed by atoms with Crippen LogP contribution in [0.3, 0.4) is 0 Å². The van der Waals surface area contributed by atoms with Crippen LogP contribution in [0, 0.1) is 0 Å². The minimum atomic E-state index is 0.797. The number of piperazine rings is 1. The van der Waals surface area contributed by atoms with Crippen molar-refractivity contribution >= 4 is 11.6 Å². The summed E-state index contributed by atoms with van der Waals surface area (Å²) >= 11 is 0. The molecule has 78 valence electrons. The van der Waals surface area contributed by atoms with Gasteiger partial charge in [0.15, 0.2) is 5.65 Å². The van der Waals surface area contributed by atoms with Crippen molar-refractivity contribution < 1.29 is 0 Å². The standard InChI is InChI=1S/C9H12N6/c1-4-14(5-2-10-1)9-13-12-8-7-11-3-6-15(8)9/h3,6-7,10H,1-2,4-5H2. The molecule has 1 fully saturated rings. The molecule has 6 heteroatoms. The van der Waals surface area contributed by atoms with Crippen LogP contribution in [0.15, 0.2) is 18.6 Å². The normalized spacial score (nSPS) is 17.2. The first-order valence-electron chi connectivity index (χ1n) is 5.05. The predicted molar refractivity (Wildman–Crippen MR) is 55.9 cm³/mol. The van der Waals surface area contributed by atoms with Gasteiger partial charge in [-0.2, -0.15) is 0 Å². The Labute approximate surface area is 86.9 Å². The maximum atomic E-state index is 4.19. The molecule has 2 aromatic heterocycles. The topological polar surface area (TPSA) is 58.4 Å². The summed E-state index contributed by atoms with van der Waals surface area (Å²) in [5, 5.41) is 11.6. The van der Waals surface area contributed by atoms with Gasteiger partial charge in [-0.25, -0.2) is 0 Å². The molecule has 0 atom stereocenters. The summed E-state index contributed by atoms with van der Waals surface area (Å²) in [6, 6.07) is 0. The van der Waals surface area contributed by atoms with E-state index in [0.29, 0.717) is 0 Å². The van der Waals surface area contributed by atoms with E-state index in [9.17, 15) is 0 Å². The first kappa shape index (κ1) is 8.60. The molecule has 1 aliphatic rings. The molecule has 0 bridgehead atoms. The maximum absolute atomic E-state index is 4.19. The van der Waals surface area contributed by atoms with Gasteiger partial charge in [0.2, 0.25) is 5.95 Å². The summed E-state index contributed by atoms with van der Waals surface area (Å²) in [4.78, 5) is 6.25. The highest BCUT2D eigenvalue weighted by Crippen LogP contribution is 2.12. The van der Waals surface area contributed by atoms with Crippen LogP contribution < -0.4 is 10.2 Å². The predicted octanol–water partition coefficient (Wildman–Crippen LogP) is -0.466. The number of aromatic nitrogens is 4. The van der Waals surface area contributed by atoms with Crippen LogP contribution in [0.1, 0.15) is 0 Å². The van der Waals surface area contributed by atoms with Crippen molar-refractivity contribution in [3.8, 4) is 0 Å². The van der Waals surface area contributed by atoms with Gasteiger partial charge in [-0.05, 0) is 0 Å². The highest BCUT2D eigenvalue weighted by Gasteiger charge is 2.15. The average molecular weight is 204 g/mol. The van der Waals surface area contributed by atoms with Crippen LogP contribution in [-0.4, -0.2) is 45.8 Å². The van der Waals surface area contributed by atoms with Crippen molar-refractivity contribution in [1.82, 2.24) is 24.9 Å². The molecule has 0 aliphatic carbocycles. The van der Waals surface area contributed by atoms with Crippen molar-refractivity contribution in [3.05, 3.63) is 18.6 Å². The van der Waals surface area contributed by atoms with Crippen molar-refractivity contribution in [2.75, 3.05) is 31.1 Å². The molecule has 0 unspecified atom stereocenters. The molecule has 2 aromatic rings. The van der Waals surface area contributed by atoms with Crippen LogP contribution in [0.2, 0.25) is 0 Å². The third-order valence-corrected chi connectivity index (χ3v) is 2.60. The van der Waals surface area contributed by atoms with E-state index in [0.717, 1.165) is 37.8 Å². The first-order chi connectivity index (χ1) is 7.45. The molecule has 0 radical (unpaired) electrons. The molecule has 0 aromatic carbocycles. The van der Waals surface area contributed by atoms with Gasteiger partial charge >= 0.3 is 0 Å². The molecular weight excluding hydrogens is 192 g/mol. The lowest BCUT2D eigenvalue weighted by atomic mass is 10.4. The van der Waals surface area contributed by atoms with E-state index < -0.39 is 0 Å². The van der Waals surface area contributed by atoms with Gasteiger partial charge in [-0.15, -0.1) is 10.2 Å². The smallest absolute Gasteiger partial charge is 0.231 e. The number of rotatable bonds is 1. The minimum absolute atomic E-state index is 0.797. The van der Waals surface area contributed by atoms with Gasteiger partial charge in [0.1, 0.15) is 0 Å². The number of fused-ring (bicyclic) bond motifs is 1. The average Bonchev–Trinajstić information content (AvgIpc) is 2.74. The van der Waals surface area contributed by atoms with Gasteiger partial charge in [0.25, 0.3) is 0 Å². The highest BCUT2D eigenvalue weighted by molar-refractivity contribution is 5.44. The Morgan fingerprint density at radius 2 is 2.07 bits per heavy atom. The van der Waals surface area contributed by atoms with E-state index in [4.69, 9.17) is 0 Å². The van der Waals surface area contributed by atoms with Gasteiger partial charge in [-0.1, -0.05) is 0 Å². The number of hydrogen-bond donors (Lipinski definition) is 1. The van der Waals surface area contributed by atoms with Crippen molar-refractivity contribution in [2.45, 2.75) is 0 Å². The molecule has 1 aliphatic heterocycles. The number of nitrogens with one attached hydrogen (secondary N) is 1. The summed E-state index contributed by atoms with van der Waals surface area (Å²) in [5.74, 6) is 0.911. The summed E-state index contributed by atoms with van der Waals surface area (Å²) < 4.78 is 1.97. The number of hydrogen-bond acceptors (Lipinski definition) is 5. The minimum Gasteiger partial charge on any atom is -0.338 e. The van der Waals surface area contributed by atoms with E-state index in [-0.39, 0.29) is 0 Å². The number of nitrogens with zero attached hydrogens (tertiary/aromatic N) is 5. The van der Waals surface area contributed by atoms with E-state index in [2.05, 4.69) is 25.4 Å². The van der Waals surface area contributed by atoms with E-state index in [1.807, 2.05) is 10.6 Å². The Kier molecular flexibility index (Phi) is 1.99. The van der Waals surface area contributed by atoms with E-state index >= 15 is 0 Å². The van der Waals surface area contributed by atoms with Crippen LogP contribution in [0.5, 0.6) is 0 Å². The van der Waals surface area contributed by atoms with Crippen LogP contribution >= 0.6 is 0 Å². The Morgan fingerprint density at radius 3 is 2.93 bits per heavy atom. The summed E-state index contributed by atoms with van der Waals surface area (Å²) in [6.07, 6.45) is 5.37.